The van der Waals surface area contributed by atoms with E-state index in [4.69, 9.17) is 5.73 Å². The normalized spacial score (nSPS) is 20.0. The molecule has 18 heavy (non-hydrogen) atoms. The number of nitrogens with two attached hydrogens (primary N) is 1. The molecule has 1 aliphatic heterocycles. The average Bonchev–Trinajstić information content (AvgIpc) is 2.37. The van der Waals surface area contributed by atoms with Crippen LogP contribution in [-0.2, 0) is 6.54 Å². The predicted octanol–water partition coefficient (Wildman–Crippen LogP) is 1.59. The third-order valence-corrected chi connectivity index (χ3v) is 4.07. The van der Waals surface area contributed by atoms with Crippen molar-refractivity contribution in [2.45, 2.75) is 38.8 Å². The first kappa shape index (κ1) is 13.5. The number of hydrogen-bond donors (Lipinski definition) is 2. The smallest absolute Gasteiger partial charge is 0.0793 e. The zero-order valence-corrected chi connectivity index (χ0v) is 11.4. The second-order valence-electron chi connectivity index (χ2n) is 5.63. The molecule has 1 aromatic rings. The van der Waals surface area contributed by atoms with Crippen LogP contribution in [0, 0.1) is 13.8 Å². The van der Waals surface area contributed by atoms with Crippen LogP contribution in [0.4, 0.5) is 0 Å². The van der Waals surface area contributed by atoms with Crippen LogP contribution in [0.3, 0.4) is 0 Å². The molecule has 0 aliphatic carbocycles. The molecule has 1 aromatic carbocycles. The molecular weight excluding hydrogens is 224 g/mol. The van der Waals surface area contributed by atoms with E-state index in [1.165, 1.54) is 16.7 Å². The van der Waals surface area contributed by atoms with Gasteiger partial charge in [0.25, 0.3) is 0 Å². The maximum atomic E-state index is 10.1. The second-order valence-corrected chi connectivity index (χ2v) is 5.63. The summed E-state index contributed by atoms with van der Waals surface area (Å²) in [5.41, 5.74) is 9.04. The average molecular weight is 248 g/mol. The van der Waals surface area contributed by atoms with Crippen molar-refractivity contribution in [2.75, 3.05) is 19.6 Å². The van der Waals surface area contributed by atoms with Gasteiger partial charge in [0.15, 0.2) is 0 Å². The van der Waals surface area contributed by atoms with Gasteiger partial charge in [0, 0.05) is 26.2 Å². The van der Waals surface area contributed by atoms with Crippen molar-refractivity contribution in [2.24, 2.45) is 5.73 Å². The van der Waals surface area contributed by atoms with Crippen LogP contribution < -0.4 is 5.73 Å². The lowest BCUT2D eigenvalue weighted by Crippen LogP contribution is -2.48. The molecule has 0 bridgehead atoms. The third kappa shape index (κ3) is 3.10. The van der Waals surface area contributed by atoms with Gasteiger partial charge in [0.2, 0.25) is 0 Å². The summed E-state index contributed by atoms with van der Waals surface area (Å²) in [6.45, 7) is 7.52. The molecule has 100 valence electrons. The van der Waals surface area contributed by atoms with E-state index in [1.807, 2.05) is 0 Å². The molecule has 1 fully saturated rings. The van der Waals surface area contributed by atoms with Crippen LogP contribution in [0.2, 0.25) is 0 Å². The van der Waals surface area contributed by atoms with E-state index in [9.17, 15) is 5.11 Å². The number of aliphatic hydroxyl groups is 1. The van der Waals surface area contributed by atoms with Crippen molar-refractivity contribution in [3.8, 4) is 0 Å². The maximum absolute atomic E-state index is 10.1. The van der Waals surface area contributed by atoms with Gasteiger partial charge in [-0.3, -0.25) is 4.90 Å². The fraction of sp³-hybridized carbons (Fsp3) is 0.600. The number of aryl methyl sites for hydroxylation is 2. The molecule has 3 nitrogen and oxygen atoms in total. The molecule has 0 spiro atoms. The Bertz CT molecular complexity index is 409. The van der Waals surface area contributed by atoms with Gasteiger partial charge < -0.3 is 10.8 Å². The van der Waals surface area contributed by atoms with E-state index < -0.39 is 5.60 Å². The SMILES string of the molecule is Cc1ccc(C)c(CN2CCC(O)(CN)CC2)c1. The van der Waals surface area contributed by atoms with Crippen molar-refractivity contribution in [1.82, 2.24) is 4.90 Å². The number of benzene rings is 1. The van der Waals surface area contributed by atoms with E-state index >= 15 is 0 Å². The molecule has 0 saturated carbocycles. The van der Waals surface area contributed by atoms with Gasteiger partial charge in [-0.25, -0.2) is 0 Å². The minimum absolute atomic E-state index is 0.379. The van der Waals surface area contributed by atoms with E-state index in [0.29, 0.717) is 6.54 Å². The van der Waals surface area contributed by atoms with E-state index in [1.54, 1.807) is 0 Å². The number of nitrogens with zero attached hydrogens (tertiary/aromatic N) is 1. The minimum atomic E-state index is -0.627. The zero-order chi connectivity index (χ0) is 13.2. The monoisotopic (exact) mass is 248 g/mol. The molecular formula is C15H24N2O. The highest BCUT2D eigenvalue weighted by atomic mass is 16.3. The van der Waals surface area contributed by atoms with Crippen molar-refractivity contribution < 1.29 is 5.11 Å². The van der Waals surface area contributed by atoms with Crippen LogP contribution in [0.15, 0.2) is 18.2 Å². The highest BCUT2D eigenvalue weighted by Crippen LogP contribution is 2.23. The Morgan fingerprint density at radius 3 is 2.56 bits per heavy atom. The van der Waals surface area contributed by atoms with Crippen LogP contribution in [0.25, 0.3) is 0 Å². The van der Waals surface area contributed by atoms with E-state index in [-0.39, 0.29) is 0 Å². The Balaban J connectivity index is 1.97. The lowest BCUT2D eigenvalue weighted by atomic mass is 9.91. The predicted molar refractivity (Wildman–Crippen MR) is 74.4 cm³/mol. The molecule has 1 saturated heterocycles. The summed E-state index contributed by atoms with van der Waals surface area (Å²) in [6, 6.07) is 6.60. The van der Waals surface area contributed by atoms with Crippen molar-refractivity contribution >= 4 is 0 Å². The minimum Gasteiger partial charge on any atom is -0.388 e. The number of piperidine rings is 1. The second kappa shape index (κ2) is 5.39. The first-order valence-corrected chi connectivity index (χ1v) is 6.73. The van der Waals surface area contributed by atoms with E-state index in [0.717, 1.165) is 32.5 Å². The third-order valence-electron chi connectivity index (χ3n) is 4.07. The Morgan fingerprint density at radius 1 is 1.28 bits per heavy atom. The Labute approximate surface area is 110 Å². The molecule has 1 aliphatic rings. The lowest BCUT2D eigenvalue weighted by Gasteiger charge is -2.37. The highest BCUT2D eigenvalue weighted by Gasteiger charge is 2.30. The first-order valence-electron chi connectivity index (χ1n) is 6.73. The first-order chi connectivity index (χ1) is 8.52. The molecule has 0 unspecified atom stereocenters. The summed E-state index contributed by atoms with van der Waals surface area (Å²) in [5.74, 6) is 0. The Hall–Kier alpha value is -0.900. The van der Waals surface area contributed by atoms with Gasteiger partial charge >= 0.3 is 0 Å². The van der Waals surface area contributed by atoms with Crippen LogP contribution in [0.1, 0.15) is 29.5 Å². The molecule has 0 atom stereocenters. The topological polar surface area (TPSA) is 49.5 Å². The molecule has 2 rings (SSSR count). The molecule has 0 amide bonds. The maximum Gasteiger partial charge on any atom is 0.0793 e. The molecule has 0 aromatic heterocycles. The lowest BCUT2D eigenvalue weighted by molar-refractivity contribution is -0.0153. The number of likely N-dealkylation sites (tertiary alicyclic amines) is 1. The number of rotatable bonds is 3. The molecule has 0 radical (unpaired) electrons. The van der Waals surface area contributed by atoms with Crippen molar-refractivity contribution in [3.63, 3.8) is 0 Å². The molecule has 3 N–H and O–H groups in total. The van der Waals surface area contributed by atoms with Crippen LogP contribution in [-0.4, -0.2) is 35.2 Å². The van der Waals surface area contributed by atoms with Crippen LogP contribution in [0.5, 0.6) is 0 Å². The van der Waals surface area contributed by atoms with E-state index in [2.05, 4.69) is 36.9 Å². The van der Waals surface area contributed by atoms with Gasteiger partial charge in [-0.1, -0.05) is 23.8 Å². The van der Waals surface area contributed by atoms with Crippen molar-refractivity contribution in [1.29, 1.82) is 0 Å². The van der Waals surface area contributed by atoms with Gasteiger partial charge in [-0.05, 0) is 37.8 Å². The standard InChI is InChI=1S/C15H24N2O/c1-12-3-4-13(2)14(9-12)10-17-7-5-15(18,11-16)6-8-17/h3-4,9,18H,5-8,10-11,16H2,1-2H3. The Kier molecular flexibility index (Phi) is 4.05. The Morgan fingerprint density at radius 2 is 1.94 bits per heavy atom. The summed E-state index contributed by atoms with van der Waals surface area (Å²) in [7, 11) is 0. The fourth-order valence-corrected chi connectivity index (χ4v) is 2.54. The number of hydrogen-bond acceptors (Lipinski definition) is 3. The van der Waals surface area contributed by atoms with Gasteiger partial charge in [-0.2, -0.15) is 0 Å². The summed E-state index contributed by atoms with van der Waals surface area (Å²) >= 11 is 0. The van der Waals surface area contributed by atoms with Gasteiger partial charge in [0.05, 0.1) is 5.60 Å². The van der Waals surface area contributed by atoms with Crippen LogP contribution >= 0.6 is 0 Å². The summed E-state index contributed by atoms with van der Waals surface area (Å²) in [4.78, 5) is 2.41. The summed E-state index contributed by atoms with van der Waals surface area (Å²) < 4.78 is 0. The summed E-state index contributed by atoms with van der Waals surface area (Å²) in [6.07, 6.45) is 1.57. The highest BCUT2D eigenvalue weighted by molar-refractivity contribution is 5.30. The fourth-order valence-electron chi connectivity index (χ4n) is 2.54. The van der Waals surface area contributed by atoms with Crippen molar-refractivity contribution in [3.05, 3.63) is 34.9 Å². The molecule has 3 heteroatoms. The van der Waals surface area contributed by atoms with Gasteiger partial charge in [-0.15, -0.1) is 0 Å². The molecule has 1 heterocycles. The zero-order valence-electron chi connectivity index (χ0n) is 11.4. The van der Waals surface area contributed by atoms with Gasteiger partial charge in [0.1, 0.15) is 0 Å². The summed E-state index contributed by atoms with van der Waals surface area (Å²) in [5, 5.41) is 10.1. The largest absolute Gasteiger partial charge is 0.388 e. The quantitative estimate of drug-likeness (QED) is 0.854.